The highest BCUT2D eigenvalue weighted by atomic mass is 16.6. The van der Waals surface area contributed by atoms with Gasteiger partial charge in [-0.3, -0.25) is 19.9 Å². The number of rotatable bonds is 6. The van der Waals surface area contributed by atoms with E-state index >= 15 is 0 Å². The highest BCUT2D eigenvalue weighted by molar-refractivity contribution is 5.85. The lowest BCUT2D eigenvalue weighted by Crippen LogP contribution is -2.24. The minimum absolute atomic E-state index is 0.0108. The normalized spacial score (nSPS) is 10.8. The number of nitrogens with one attached hydrogen (secondary N) is 1. The average Bonchev–Trinajstić information content (AvgIpc) is 2.66. The van der Waals surface area contributed by atoms with Crippen molar-refractivity contribution < 1.29 is 14.5 Å². The molecule has 1 aromatic heterocycles. The number of nitro groups is 1. The smallest absolute Gasteiger partial charge is 0.277 e. The molecular weight excluding hydrogens is 336 g/mol. The van der Waals surface area contributed by atoms with Crippen molar-refractivity contribution in [2.75, 3.05) is 6.61 Å². The monoisotopic (exact) mass is 350 g/mol. The molecule has 0 aliphatic heterocycles. The van der Waals surface area contributed by atoms with Crippen molar-refractivity contribution in [3.8, 4) is 5.75 Å². The summed E-state index contributed by atoms with van der Waals surface area (Å²) in [6, 6.07) is 15.0. The second kappa shape index (κ2) is 7.84. The van der Waals surface area contributed by atoms with E-state index in [1.54, 1.807) is 12.3 Å². The number of nitrogens with zero attached hydrogens (tertiary/aromatic N) is 3. The molecule has 0 aliphatic carbocycles. The number of para-hydroxylation sites is 1. The SMILES string of the molecule is O=C(COc1cccc2cccnc12)NN=Cc1ccc([N+](=O)[O-])cc1. The van der Waals surface area contributed by atoms with Gasteiger partial charge in [-0.1, -0.05) is 18.2 Å². The van der Waals surface area contributed by atoms with Crippen LogP contribution >= 0.6 is 0 Å². The molecule has 1 heterocycles. The summed E-state index contributed by atoms with van der Waals surface area (Å²) in [6.45, 7) is -0.215. The van der Waals surface area contributed by atoms with Crippen molar-refractivity contribution in [1.29, 1.82) is 0 Å². The Morgan fingerprint density at radius 3 is 2.73 bits per heavy atom. The number of benzene rings is 2. The molecule has 0 spiro atoms. The van der Waals surface area contributed by atoms with Gasteiger partial charge in [-0.15, -0.1) is 0 Å². The van der Waals surface area contributed by atoms with Crippen molar-refractivity contribution >= 4 is 28.7 Å². The van der Waals surface area contributed by atoms with Crippen LogP contribution in [0, 0.1) is 10.1 Å². The zero-order chi connectivity index (χ0) is 18.4. The molecule has 1 N–H and O–H groups in total. The molecule has 0 bridgehead atoms. The molecule has 0 atom stereocenters. The second-order valence-electron chi connectivity index (χ2n) is 5.26. The Balaban J connectivity index is 1.55. The maximum atomic E-state index is 11.8. The van der Waals surface area contributed by atoms with Gasteiger partial charge in [0.15, 0.2) is 6.61 Å². The van der Waals surface area contributed by atoms with Crippen molar-refractivity contribution in [3.05, 3.63) is 76.5 Å². The maximum Gasteiger partial charge on any atom is 0.277 e. The molecule has 8 nitrogen and oxygen atoms in total. The van der Waals surface area contributed by atoms with Crippen LogP contribution in [-0.2, 0) is 4.79 Å². The number of pyridine rings is 1. The Bertz CT molecular complexity index is 965. The van der Waals surface area contributed by atoms with Crippen LogP contribution in [0.4, 0.5) is 5.69 Å². The largest absolute Gasteiger partial charge is 0.481 e. The van der Waals surface area contributed by atoms with Gasteiger partial charge in [-0.05, 0) is 29.8 Å². The van der Waals surface area contributed by atoms with E-state index in [1.165, 1.54) is 30.5 Å². The molecule has 2 aromatic carbocycles. The molecule has 3 aromatic rings. The zero-order valence-electron chi connectivity index (χ0n) is 13.5. The number of carbonyl (C=O) groups excluding carboxylic acids is 1. The van der Waals surface area contributed by atoms with Crippen LogP contribution in [-0.4, -0.2) is 28.6 Å². The van der Waals surface area contributed by atoms with Gasteiger partial charge in [0.05, 0.1) is 11.1 Å². The summed E-state index contributed by atoms with van der Waals surface area (Å²) in [7, 11) is 0. The third-order valence-corrected chi connectivity index (χ3v) is 3.46. The maximum absolute atomic E-state index is 11.8. The fraction of sp³-hybridized carbons (Fsp3) is 0.0556. The summed E-state index contributed by atoms with van der Waals surface area (Å²) >= 11 is 0. The van der Waals surface area contributed by atoms with Crippen LogP contribution in [0.3, 0.4) is 0 Å². The molecule has 8 heteroatoms. The summed E-state index contributed by atoms with van der Waals surface area (Å²) in [4.78, 5) is 26.2. The van der Waals surface area contributed by atoms with Crippen LogP contribution < -0.4 is 10.2 Å². The summed E-state index contributed by atoms with van der Waals surface area (Å²) in [5.41, 5.74) is 3.63. The van der Waals surface area contributed by atoms with Crippen LogP contribution in [0.5, 0.6) is 5.75 Å². The van der Waals surface area contributed by atoms with E-state index in [2.05, 4.69) is 15.5 Å². The molecule has 3 rings (SSSR count). The van der Waals surface area contributed by atoms with Crippen LogP contribution in [0.25, 0.3) is 10.9 Å². The molecule has 0 saturated heterocycles. The minimum Gasteiger partial charge on any atom is -0.481 e. The molecule has 0 aliphatic rings. The third kappa shape index (κ3) is 4.18. The third-order valence-electron chi connectivity index (χ3n) is 3.46. The summed E-state index contributed by atoms with van der Waals surface area (Å²) in [6.07, 6.45) is 3.05. The van der Waals surface area contributed by atoms with Gasteiger partial charge < -0.3 is 4.74 Å². The molecule has 1 amide bonds. The lowest BCUT2D eigenvalue weighted by atomic mass is 10.2. The lowest BCUT2D eigenvalue weighted by molar-refractivity contribution is -0.384. The zero-order valence-corrected chi connectivity index (χ0v) is 13.5. The van der Waals surface area contributed by atoms with E-state index in [-0.39, 0.29) is 12.3 Å². The van der Waals surface area contributed by atoms with Gasteiger partial charge in [0, 0.05) is 23.7 Å². The Hall–Kier alpha value is -3.81. The topological polar surface area (TPSA) is 107 Å². The lowest BCUT2D eigenvalue weighted by Gasteiger charge is -2.07. The fourth-order valence-corrected chi connectivity index (χ4v) is 2.23. The number of fused-ring (bicyclic) bond motifs is 1. The number of hydrogen-bond donors (Lipinski definition) is 1. The number of aromatic nitrogens is 1. The first-order valence-corrected chi connectivity index (χ1v) is 7.66. The van der Waals surface area contributed by atoms with Crippen molar-refractivity contribution in [1.82, 2.24) is 10.4 Å². The highest BCUT2D eigenvalue weighted by Gasteiger charge is 2.06. The first kappa shape index (κ1) is 17.0. The Labute approximate surface area is 148 Å². The quantitative estimate of drug-likeness (QED) is 0.418. The van der Waals surface area contributed by atoms with Crippen molar-refractivity contribution in [2.24, 2.45) is 5.10 Å². The van der Waals surface area contributed by atoms with Gasteiger partial charge in [0.1, 0.15) is 11.3 Å². The fourth-order valence-electron chi connectivity index (χ4n) is 2.23. The standard InChI is InChI=1S/C18H14N4O4/c23-17(21-20-11-13-6-8-15(9-7-13)22(24)25)12-26-16-5-1-3-14-4-2-10-19-18(14)16/h1-11H,12H2,(H,21,23). The summed E-state index contributed by atoms with van der Waals surface area (Å²) in [5.74, 6) is 0.0775. The first-order chi connectivity index (χ1) is 12.6. The number of hydrazone groups is 1. The molecule has 26 heavy (non-hydrogen) atoms. The van der Waals surface area contributed by atoms with Crippen LogP contribution in [0.1, 0.15) is 5.56 Å². The Morgan fingerprint density at radius 1 is 1.19 bits per heavy atom. The van der Waals surface area contributed by atoms with Crippen LogP contribution in [0.15, 0.2) is 65.9 Å². The number of ether oxygens (including phenoxy) is 1. The van der Waals surface area contributed by atoms with Gasteiger partial charge >= 0.3 is 0 Å². The second-order valence-corrected chi connectivity index (χ2v) is 5.26. The van der Waals surface area contributed by atoms with Gasteiger partial charge in [0.2, 0.25) is 0 Å². The number of amides is 1. The van der Waals surface area contributed by atoms with Crippen LogP contribution in [0.2, 0.25) is 0 Å². The highest BCUT2D eigenvalue weighted by Crippen LogP contribution is 2.22. The van der Waals surface area contributed by atoms with E-state index in [0.29, 0.717) is 16.8 Å². The summed E-state index contributed by atoms with van der Waals surface area (Å²) < 4.78 is 5.50. The van der Waals surface area contributed by atoms with E-state index in [1.807, 2.05) is 24.3 Å². The molecule has 0 unspecified atom stereocenters. The minimum atomic E-state index is -0.484. The number of non-ortho nitro benzene ring substituents is 1. The number of hydrogen-bond acceptors (Lipinski definition) is 6. The van der Waals surface area contributed by atoms with E-state index in [9.17, 15) is 14.9 Å². The summed E-state index contributed by atoms with van der Waals surface area (Å²) in [5, 5.41) is 15.3. The molecular formula is C18H14N4O4. The van der Waals surface area contributed by atoms with Gasteiger partial charge in [0.25, 0.3) is 11.6 Å². The van der Waals surface area contributed by atoms with Crippen molar-refractivity contribution in [3.63, 3.8) is 0 Å². The number of carbonyl (C=O) groups is 1. The van der Waals surface area contributed by atoms with Gasteiger partial charge in [-0.2, -0.15) is 5.10 Å². The predicted octanol–water partition coefficient (Wildman–Crippen LogP) is 2.67. The Morgan fingerprint density at radius 2 is 1.96 bits per heavy atom. The molecule has 130 valence electrons. The number of nitro benzene ring substituents is 1. The van der Waals surface area contributed by atoms with E-state index in [4.69, 9.17) is 4.74 Å². The predicted molar refractivity (Wildman–Crippen MR) is 96.1 cm³/mol. The average molecular weight is 350 g/mol. The van der Waals surface area contributed by atoms with Gasteiger partial charge in [-0.25, -0.2) is 5.43 Å². The molecule has 0 saturated carbocycles. The van der Waals surface area contributed by atoms with E-state index < -0.39 is 10.8 Å². The molecule has 0 fully saturated rings. The van der Waals surface area contributed by atoms with Crippen molar-refractivity contribution in [2.45, 2.75) is 0 Å². The molecule has 0 radical (unpaired) electrons. The Kier molecular flexibility index (Phi) is 5.14. The van der Waals surface area contributed by atoms with E-state index in [0.717, 1.165) is 5.39 Å². The first-order valence-electron chi connectivity index (χ1n) is 7.66.